The SMILES string of the molecule is Cc1cc(N2CCN(CCC3CCN(NC(=O)OC(C)(C)C)CC3)CC2)ccc1NC1CCC(=O)NC1=O. The Bertz CT molecular complexity index is 994. The van der Waals surface area contributed by atoms with Gasteiger partial charge >= 0.3 is 6.09 Å². The number of aryl methyl sites for hydroxylation is 1. The third-order valence-electron chi connectivity index (χ3n) is 7.63. The molecule has 3 amide bonds. The Morgan fingerprint density at radius 1 is 1.05 bits per heavy atom. The number of anilines is 2. The lowest BCUT2D eigenvalue weighted by molar-refractivity contribution is -0.133. The number of benzene rings is 1. The number of carbonyl (C=O) groups excluding carboxylic acids is 3. The van der Waals surface area contributed by atoms with E-state index in [2.05, 4.69) is 44.9 Å². The van der Waals surface area contributed by atoms with Gasteiger partial charge in [-0.1, -0.05) is 0 Å². The van der Waals surface area contributed by atoms with Crippen molar-refractivity contribution in [2.45, 2.75) is 71.4 Å². The molecule has 3 saturated heterocycles. The molecule has 1 aromatic rings. The molecule has 1 atom stereocenters. The molecule has 3 N–H and O–H groups in total. The van der Waals surface area contributed by atoms with Crippen molar-refractivity contribution in [1.29, 1.82) is 0 Å². The fraction of sp³-hybridized carbons (Fsp3) is 0.679. The normalized spacial score (nSPS) is 22.2. The van der Waals surface area contributed by atoms with Gasteiger partial charge in [0, 0.05) is 57.1 Å². The number of hydrazine groups is 1. The zero-order valence-corrected chi connectivity index (χ0v) is 23.3. The fourth-order valence-corrected chi connectivity index (χ4v) is 5.38. The van der Waals surface area contributed by atoms with E-state index < -0.39 is 5.60 Å². The highest BCUT2D eigenvalue weighted by atomic mass is 16.6. The predicted molar refractivity (Wildman–Crippen MR) is 148 cm³/mol. The first-order chi connectivity index (χ1) is 18.1. The van der Waals surface area contributed by atoms with Crippen LogP contribution in [0.4, 0.5) is 16.2 Å². The number of ether oxygens (including phenoxy) is 1. The lowest BCUT2D eigenvalue weighted by atomic mass is 9.94. The molecule has 0 bridgehead atoms. The number of hydrogen-bond donors (Lipinski definition) is 3. The molecular weight excluding hydrogens is 484 g/mol. The van der Waals surface area contributed by atoms with Crippen LogP contribution in [0.25, 0.3) is 0 Å². The van der Waals surface area contributed by atoms with E-state index in [1.165, 1.54) is 12.1 Å². The Balaban J connectivity index is 1.15. The standard InChI is InChI=1S/C28H44N6O4/c1-20-19-22(5-6-23(20)29-24-7-8-25(35)30-26(24)36)33-17-15-32(16-18-33)12-9-21-10-13-34(14-11-21)31-27(37)38-28(2,3)4/h5-6,19,21,24,29H,7-18H2,1-4H3,(H,31,37)(H,30,35,36). The maximum atomic E-state index is 12.1. The molecule has 0 aromatic heterocycles. The van der Waals surface area contributed by atoms with Crippen LogP contribution in [0.1, 0.15) is 58.4 Å². The first kappa shape index (κ1) is 28.2. The quantitative estimate of drug-likeness (QED) is 0.464. The van der Waals surface area contributed by atoms with E-state index >= 15 is 0 Å². The highest BCUT2D eigenvalue weighted by molar-refractivity contribution is 6.01. The number of hydrogen-bond acceptors (Lipinski definition) is 8. The van der Waals surface area contributed by atoms with Crippen molar-refractivity contribution < 1.29 is 19.1 Å². The van der Waals surface area contributed by atoms with Gasteiger partial charge in [-0.2, -0.15) is 0 Å². The summed E-state index contributed by atoms with van der Waals surface area (Å²) in [7, 11) is 0. The van der Waals surface area contributed by atoms with E-state index in [1.807, 2.05) is 31.8 Å². The van der Waals surface area contributed by atoms with Gasteiger partial charge in [-0.05, 0) is 89.6 Å². The average Bonchev–Trinajstić information content (AvgIpc) is 2.85. The molecule has 210 valence electrons. The molecule has 3 fully saturated rings. The molecule has 38 heavy (non-hydrogen) atoms. The maximum Gasteiger partial charge on any atom is 0.422 e. The van der Waals surface area contributed by atoms with E-state index in [0.717, 1.165) is 69.9 Å². The van der Waals surface area contributed by atoms with Gasteiger partial charge in [0.15, 0.2) is 0 Å². The van der Waals surface area contributed by atoms with Crippen molar-refractivity contribution in [3.8, 4) is 0 Å². The van der Waals surface area contributed by atoms with Crippen LogP contribution in [0.3, 0.4) is 0 Å². The van der Waals surface area contributed by atoms with Crippen LogP contribution in [0.2, 0.25) is 0 Å². The Hall–Kier alpha value is -2.85. The number of amides is 3. The minimum Gasteiger partial charge on any atom is -0.443 e. The summed E-state index contributed by atoms with van der Waals surface area (Å²) in [5.41, 5.74) is 5.64. The first-order valence-corrected chi connectivity index (χ1v) is 14.0. The summed E-state index contributed by atoms with van der Waals surface area (Å²) < 4.78 is 5.35. The molecule has 0 aliphatic carbocycles. The summed E-state index contributed by atoms with van der Waals surface area (Å²) in [5, 5.41) is 7.70. The van der Waals surface area contributed by atoms with Gasteiger partial charge in [0.2, 0.25) is 11.8 Å². The van der Waals surface area contributed by atoms with Crippen molar-refractivity contribution >= 4 is 29.3 Å². The number of carbonyl (C=O) groups is 3. The van der Waals surface area contributed by atoms with Crippen LogP contribution < -0.4 is 21.0 Å². The molecule has 0 spiro atoms. The number of nitrogens with one attached hydrogen (secondary N) is 3. The minimum atomic E-state index is -0.483. The van der Waals surface area contributed by atoms with Gasteiger partial charge in [-0.3, -0.25) is 25.2 Å². The summed E-state index contributed by atoms with van der Waals surface area (Å²) in [5.74, 6) is 0.248. The molecule has 1 aromatic carbocycles. The minimum absolute atomic E-state index is 0.197. The molecule has 1 unspecified atom stereocenters. The Labute approximate surface area is 226 Å². The van der Waals surface area contributed by atoms with E-state index in [1.54, 1.807) is 0 Å². The number of piperidine rings is 2. The van der Waals surface area contributed by atoms with Gasteiger partial charge in [-0.25, -0.2) is 9.80 Å². The zero-order chi connectivity index (χ0) is 27.3. The van der Waals surface area contributed by atoms with Crippen molar-refractivity contribution in [3.05, 3.63) is 23.8 Å². The van der Waals surface area contributed by atoms with Crippen molar-refractivity contribution in [2.24, 2.45) is 5.92 Å². The summed E-state index contributed by atoms with van der Waals surface area (Å²) in [6, 6.07) is 5.98. The highest BCUT2D eigenvalue weighted by Crippen LogP contribution is 2.26. The molecule has 0 saturated carbocycles. The van der Waals surface area contributed by atoms with E-state index in [9.17, 15) is 14.4 Å². The molecule has 0 radical (unpaired) electrons. The predicted octanol–water partition coefficient (Wildman–Crippen LogP) is 2.88. The third-order valence-corrected chi connectivity index (χ3v) is 7.63. The zero-order valence-electron chi connectivity index (χ0n) is 23.3. The van der Waals surface area contributed by atoms with Crippen molar-refractivity contribution in [2.75, 3.05) is 56.0 Å². The highest BCUT2D eigenvalue weighted by Gasteiger charge is 2.27. The lowest BCUT2D eigenvalue weighted by Crippen LogP contribution is -2.49. The maximum absolute atomic E-state index is 12.1. The Kier molecular flexibility index (Phi) is 9.15. The van der Waals surface area contributed by atoms with Crippen LogP contribution >= 0.6 is 0 Å². The second-order valence-electron chi connectivity index (χ2n) is 11.8. The summed E-state index contributed by atoms with van der Waals surface area (Å²) >= 11 is 0. The summed E-state index contributed by atoms with van der Waals surface area (Å²) in [4.78, 5) is 40.5. The van der Waals surface area contributed by atoms with Crippen LogP contribution in [-0.4, -0.2) is 85.3 Å². The molecule has 3 aliphatic heterocycles. The van der Waals surface area contributed by atoms with Gasteiger partial charge in [0.1, 0.15) is 11.6 Å². The summed E-state index contributed by atoms with van der Waals surface area (Å²) in [6.45, 7) is 14.6. The number of imide groups is 1. The van der Waals surface area contributed by atoms with Crippen LogP contribution in [0.5, 0.6) is 0 Å². The van der Waals surface area contributed by atoms with Gasteiger partial charge < -0.3 is 15.0 Å². The number of rotatable bonds is 7. The third kappa shape index (κ3) is 8.07. The van der Waals surface area contributed by atoms with E-state index in [0.29, 0.717) is 18.8 Å². The Morgan fingerprint density at radius 2 is 1.76 bits per heavy atom. The van der Waals surface area contributed by atoms with Crippen molar-refractivity contribution in [3.63, 3.8) is 0 Å². The smallest absolute Gasteiger partial charge is 0.422 e. The fourth-order valence-electron chi connectivity index (χ4n) is 5.38. The lowest BCUT2D eigenvalue weighted by Gasteiger charge is -2.38. The summed E-state index contributed by atoms with van der Waals surface area (Å²) in [6.07, 6.45) is 3.90. The molecule has 3 heterocycles. The number of nitrogens with zero attached hydrogens (tertiary/aromatic N) is 3. The largest absolute Gasteiger partial charge is 0.443 e. The monoisotopic (exact) mass is 528 g/mol. The van der Waals surface area contributed by atoms with Gasteiger partial charge in [-0.15, -0.1) is 0 Å². The second-order valence-corrected chi connectivity index (χ2v) is 11.8. The first-order valence-electron chi connectivity index (χ1n) is 14.0. The van der Waals surface area contributed by atoms with Crippen molar-refractivity contribution in [1.82, 2.24) is 20.7 Å². The van der Waals surface area contributed by atoms with Crippen LogP contribution in [-0.2, 0) is 14.3 Å². The van der Waals surface area contributed by atoms with Crippen LogP contribution in [0.15, 0.2) is 18.2 Å². The number of piperazine rings is 1. The Morgan fingerprint density at radius 3 is 2.39 bits per heavy atom. The average molecular weight is 529 g/mol. The molecule has 10 nitrogen and oxygen atoms in total. The van der Waals surface area contributed by atoms with E-state index in [4.69, 9.17) is 4.74 Å². The van der Waals surface area contributed by atoms with E-state index in [-0.39, 0.29) is 23.9 Å². The molecule has 3 aliphatic rings. The topological polar surface area (TPSA) is 106 Å². The van der Waals surface area contributed by atoms with Gasteiger partial charge in [0.25, 0.3) is 0 Å². The van der Waals surface area contributed by atoms with Crippen LogP contribution in [0, 0.1) is 12.8 Å². The molecular formula is C28H44N6O4. The molecule has 10 heteroatoms. The second kappa shape index (κ2) is 12.3. The van der Waals surface area contributed by atoms with Gasteiger partial charge in [0.05, 0.1) is 0 Å². The molecule has 4 rings (SSSR count).